The van der Waals surface area contributed by atoms with Gasteiger partial charge in [0.05, 0.1) is 11.1 Å². The van der Waals surface area contributed by atoms with Crippen molar-refractivity contribution in [2.45, 2.75) is 32.5 Å². The van der Waals surface area contributed by atoms with Crippen molar-refractivity contribution < 1.29 is 22.4 Å². The van der Waals surface area contributed by atoms with E-state index in [4.69, 9.17) is 5.73 Å². The Balaban J connectivity index is 0.00000441. The first-order valence-electron chi connectivity index (χ1n) is 6.40. The predicted octanol–water partition coefficient (Wildman–Crippen LogP) is 3.37. The Hall–Kier alpha value is -1.34. The normalized spacial score (nSPS) is 14.2. The number of rotatable bonds is 4. The number of hydrogen-bond acceptors (Lipinski definition) is 2. The lowest BCUT2D eigenvalue weighted by Gasteiger charge is -2.33. The maximum Gasteiger partial charge on any atom is 0.416 e. The lowest BCUT2D eigenvalue weighted by Crippen LogP contribution is -2.55. The molecule has 0 aliphatic carbocycles. The number of carbonyl (C=O) groups excluding carboxylic acids is 1. The van der Waals surface area contributed by atoms with Crippen molar-refractivity contribution >= 4 is 18.3 Å². The summed E-state index contributed by atoms with van der Waals surface area (Å²) in [5.41, 5.74) is 3.22. The minimum Gasteiger partial charge on any atom is -0.345 e. The highest BCUT2D eigenvalue weighted by Crippen LogP contribution is 2.30. The summed E-state index contributed by atoms with van der Waals surface area (Å²) in [6.45, 7) is 5.43. The summed E-state index contributed by atoms with van der Waals surface area (Å²) in [4.78, 5) is 12.1. The SMILES string of the molecule is CC(C)C(C)(CN)NC(=O)c1cc(F)cc(C(F)(F)F)c1.Cl. The van der Waals surface area contributed by atoms with Crippen LogP contribution in [0.4, 0.5) is 17.6 Å². The van der Waals surface area contributed by atoms with E-state index in [1.807, 2.05) is 13.8 Å². The second kappa shape index (κ2) is 7.28. The minimum absolute atomic E-state index is 0. The number of nitrogens with two attached hydrogens (primary N) is 1. The second-order valence-corrected chi connectivity index (χ2v) is 5.46. The van der Waals surface area contributed by atoms with E-state index >= 15 is 0 Å². The van der Waals surface area contributed by atoms with Crippen molar-refractivity contribution in [1.29, 1.82) is 0 Å². The standard InChI is InChI=1S/C14H18F4N2O.ClH/c1-8(2)13(3,7-19)20-12(21)9-4-10(14(16,17)18)6-11(15)5-9;/h4-6,8H,7,19H2,1-3H3,(H,20,21);1H. The first-order chi connectivity index (χ1) is 9.49. The molecule has 126 valence electrons. The summed E-state index contributed by atoms with van der Waals surface area (Å²) < 4.78 is 51.2. The molecule has 1 unspecified atom stereocenters. The molecule has 0 aliphatic heterocycles. The number of halogens is 5. The molecule has 0 aliphatic rings. The average Bonchev–Trinajstić information content (AvgIpc) is 2.36. The molecule has 0 bridgehead atoms. The Bertz CT molecular complexity index is 534. The van der Waals surface area contributed by atoms with E-state index in [1.165, 1.54) is 0 Å². The van der Waals surface area contributed by atoms with Crippen molar-refractivity contribution in [3.63, 3.8) is 0 Å². The van der Waals surface area contributed by atoms with Crippen LogP contribution in [0.5, 0.6) is 0 Å². The van der Waals surface area contributed by atoms with Gasteiger partial charge in [0.15, 0.2) is 0 Å². The molecular weight excluding hydrogens is 324 g/mol. The Morgan fingerprint density at radius 1 is 1.27 bits per heavy atom. The molecule has 0 saturated carbocycles. The van der Waals surface area contributed by atoms with Crippen LogP contribution in [0.3, 0.4) is 0 Å². The van der Waals surface area contributed by atoms with Crippen LogP contribution in [0.2, 0.25) is 0 Å². The molecular formula is C14H19ClF4N2O. The number of benzene rings is 1. The topological polar surface area (TPSA) is 55.1 Å². The number of amides is 1. The van der Waals surface area contributed by atoms with Crippen LogP contribution < -0.4 is 11.1 Å². The summed E-state index contributed by atoms with van der Waals surface area (Å²) >= 11 is 0. The van der Waals surface area contributed by atoms with Gasteiger partial charge in [-0.05, 0) is 31.0 Å². The minimum atomic E-state index is -4.72. The van der Waals surface area contributed by atoms with E-state index in [0.717, 1.165) is 6.07 Å². The molecule has 8 heteroatoms. The van der Waals surface area contributed by atoms with Crippen LogP contribution in [-0.2, 0) is 6.18 Å². The van der Waals surface area contributed by atoms with Gasteiger partial charge in [-0.1, -0.05) is 13.8 Å². The molecule has 0 saturated heterocycles. The molecule has 3 nitrogen and oxygen atoms in total. The molecule has 3 N–H and O–H groups in total. The smallest absolute Gasteiger partial charge is 0.345 e. The molecule has 1 rings (SSSR count). The Morgan fingerprint density at radius 2 is 1.82 bits per heavy atom. The number of hydrogen-bond donors (Lipinski definition) is 2. The highest BCUT2D eigenvalue weighted by atomic mass is 35.5. The van der Waals surface area contributed by atoms with Crippen molar-refractivity contribution in [2.24, 2.45) is 11.7 Å². The van der Waals surface area contributed by atoms with Gasteiger partial charge in [0.25, 0.3) is 5.91 Å². The zero-order valence-electron chi connectivity index (χ0n) is 12.4. The van der Waals surface area contributed by atoms with E-state index in [-0.39, 0.29) is 30.4 Å². The van der Waals surface area contributed by atoms with E-state index in [9.17, 15) is 22.4 Å². The zero-order chi connectivity index (χ0) is 16.4. The summed E-state index contributed by atoms with van der Waals surface area (Å²) in [7, 11) is 0. The van der Waals surface area contributed by atoms with Crippen molar-refractivity contribution in [3.05, 3.63) is 35.1 Å². The lowest BCUT2D eigenvalue weighted by atomic mass is 9.88. The Kier molecular flexibility index (Phi) is 6.84. The average molecular weight is 343 g/mol. The van der Waals surface area contributed by atoms with Crippen molar-refractivity contribution in [2.75, 3.05) is 6.54 Å². The predicted molar refractivity (Wildman–Crippen MR) is 78.4 cm³/mol. The summed E-state index contributed by atoms with van der Waals surface area (Å²) in [6, 6.07) is 1.73. The van der Waals surface area contributed by atoms with Crippen LogP contribution in [0.15, 0.2) is 18.2 Å². The van der Waals surface area contributed by atoms with Gasteiger partial charge in [-0.2, -0.15) is 13.2 Å². The third-order valence-electron chi connectivity index (χ3n) is 3.58. The van der Waals surface area contributed by atoms with Gasteiger partial charge in [-0.15, -0.1) is 12.4 Å². The van der Waals surface area contributed by atoms with Crippen molar-refractivity contribution in [3.8, 4) is 0 Å². The van der Waals surface area contributed by atoms with Crippen molar-refractivity contribution in [1.82, 2.24) is 5.32 Å². The fourth-order valence-electron chi connectivity index (χ4n) is 1.65. The maximum atomic E-state index is 13.3. The highest BCUT2D eigenvalue weighted by Gasteiger charge is 2.33. The third-order valence-corrected chi connectivity index (χ3v) is 3.58. The quantitative estimate of drug-likeness (QED) is 0.824. The first-order valence-corrected chi connectivity index (χ1v) is 6.40. The van der Waals surface area contributed by atoms with Crippen LogP contribution in [0.1, 0.15) is 36.7 Å². The van der Waals surface area contributed by atoms with Gasteiger partial charge in [0.1, 0.15) is 5.82 Å². The molecule has 0 heterocycles. The van der Waals surface area contributed by atoms with Crippen LogP contribution in [0.25, 0.3) is 0 Å². The first kappa shape index (κ1) is 20.7. The van der Waals surface area contributed by atoms with Gasteiger partial charge in [-0.3, -0.25) is 4.79 Å². The summed E-state index contributed by atoms with van der Waals surface area (Å²) in [5.74, 6) is -1.95. The van der Waals surface area contributed by atoms with E-state index in [1.54, 1.807) is 6.92 Å². The number of carbonyl (C=O) groups is 1. The van der Waals surface area contributed by atoms with Gasteiger partial charge in [0, 0.05) is 12.1 Å². The molecule has 1 aromatic carbocycles. The third kappa shape index (κ3) is 4.84. The maximum absolute atomic E-state index is 13.3. The van der Waals surface area contributed by atoms with Gasteiger partial charge >= 0.3 is 6.18 Å². The monoisotopic (exact) mass is 342 g/mol. The molecule has 1 atom stereocenters. The van der Waals surface area contributed by atoms with Crippen LogP contribution >= 0.6 is 12.4 Å². The van der Waals surface area contributed by atoms with Crippen LogP contribution in [0, 0.1) is 11.7 Å². The molecule has 1 amide bonds. The molecule has 0 radical (unpaired) electrons. The largest absolute Gasteiger partial charge is 0.416 e. The van der Waals surface area contributed by atoms with Gasteiger partial charge in [-0.25, -0.2) is 4.39 Å². The fourth-order valence-corrected chi connectivity index (χ4v) is 1.65. The highest BCUT2D eigenvalue weighted by molar-refractivity contribution is 5.95. The Morgan fingerprint density at radius 3 is 2.23 bits per heavy atom. The zero-order valence-corrected chi connectivity index (χ0v) is 13.2. The number of alkyl halides is 3. The van der Waals surface area contributed by atoms with Crippen LogP contribution in [-0.4, -0.2) is 18.0 Å². The summed E-state index contributed by atoms with van der Waals surface area (Å²) in [6.07, 6.45) is -4.72. The van der Waals surface area contributed by atoms with Gasteiger partial charge in [0.2, 0.25) is 0 Å². The summed E-state index contributed by atoms with van der Waals surface area (Å²) in [5, 5.41) is 2.57. The number of nitrogens with one attached hydrogen (secondary N) is 1. The van der Waals surface area contributed by atoms with Gasteiger partial charge < -0.3 is 11.1 Å². The lowest BCUT2D eigenvalue weighted by molar-refractivity contribution is -0.137. The fraction of sp³-hybridized carbons (Fsp3) is 0.500. The molecule has 0 fully saturated rings. The molecule has 0 spiro atoms. The van der Waals surface area contributed by atoms with E-state index in [2.05, 4.69) is 5.32 Å². The Labute approximate surface area is 132 Å². The molecule has 22 heavy (non-hydrogen) atoms. The van der Waals surface area contributed by atoms with E-state index < -0.39 is 29.0 Å². The molecule has 1 aromatic rings. The second-order valence-electron chi connectivity index (χ2n) is 5.46. The molecule has 0 aromatic heterocycles. The van der Waals surface area contributed by atoms with E-state index in [0.29, 0.717) is 12.1 Å².